The number of rotatable bonds is 4. The van der Waals surface area contributed by atoms with E-state index in [4.69, 9.17) is 10.5 Å². The van der Waals surface area contributed by atoms with E-state index in [1.807, 2.05) is 17.8 Å². The van der Waals surface area contributed by atoms with Crippen molar-refractivity contribution >= 4 is 15.9 Å². The van der Waals surface area contributed by atoms with Crippen LogP contribution in [0.1, 0.15) is 31.0 Å². The number of methoxy groups -OCH3 is 1. The topological polar surface area (TPSA) is 53.1 Å². The summed E-state index contributed by atoms with van der Waals surface area (Å²) in [5, 5.41) is 4.44. The summed E-state index contributed by atoms with van der Waals surface area (Å²) < 4.78 is 8.27. The van der Waals surface area contributed by atoms with Gasteiger partial charge in [0.05, 0.1) is 23.0 Å². The Labute approximate surface area is 128 Å². The molecular formula is C15H20BrN3O. The third-order valence-electron chi connectivity index (χ3n) is 3.39. The van der Waals surface area contributed by atoms with Crippen molar-refractivity contribution in [2.45, 2.75) is 26.3 Å². The first-order chi connectivity index (χ1) is 9.49. The fraction of sp³-hybridized carbons (Fsp3) is 0.400. The molecule has 0 fully saturated rings. The maximum atomic E-state index is 5.72. The number of halogens is 1. The first-order valence-electron chi connectivity index (χ1n) is 6.59. The largest absolute Gasteiger partial charge is 0.496 e. The quantitative estimate of drug-likeness (QED) is 0.929. The van der Waals surface area contributed by atoms with Gasteiger partial charge in [-0.2, -0.15) is 5.10 Å². The summed E-state index contributed by atoms with van der Waals surface area (Å²) in [6.45, 7) is 4.75. The van der Waals surface area contributed by atoms with Crippen LogP contribution in [0, 0.1) is 0 Å². The lowest BCUT2D eigenvalue weighted by atomic mass is 9.98. The summed E-state index contributed by atoms with van der Waals surface area (Å²) in [7, 11) is 3.60. The summed E-state index contributed by atoms with van der Waals surface area (Å²) in [5.74, 6) is 1.29. The van der Waals surface area contributed by atoms with Gasteiger partial charge in [0.1, 0.15) is 5.75 Å². The summed E-state index contributed by atoms with van der Waals surface area (Å²) >= 11 is 3.61. The van der Waals surface area contributed by atoms with Gasteiger partial charge in [-0.1, -0.05) is 19.9 Å². The highest BCUT2D eigenvalue weighted by Gasteiger charge is 2.18. The van der Waals surface area contributed by atoms with Crippen LogP contribution in [0.25, 0.3) is 11.3 Å². The Hall–Kier alpha value is -1.33. The molecule has 0 aliphatic carbocycles. The van der Waals surface area contributed by atoms with Crippen LogP contribution in [0.5, 0.6) is 5.75 Å². The molecule has 20 heavy (non-hydrogen) atoms. The third-order valence-corrected chi connectivity index (χ3v) is 4.23. The fourth-order valence-electron chi connectivity index (χ4n) is 2.25. The Morgan fingerprint density at radius 1 is 1.40 bits per heavy atom. The standard InChI is InChI=1S/C15H20BrN3O/c1-9(2)10-5-6-13(20-4)11(7-10)15-14(16)12(8-17)18-19(15)3/h5-7,9H,8,17H2,1-4H3. The normalized spacial score (nSPS) is 11.2. The van der Waals surface area contributed by atoms with Crippen LogP contribution in [0.3, 0.4) is 0 Å². The Morgan fingerprint density at radius 3 is 2.60 bits per heavy atom. The molecule has 1 aromatic heterocycles. The molecule has 0 saturated heterocycles. The van der Waals surface area contributed by atoms with Gasteiger partial charge in [0, 0.05) is 19.2 Å². The van der Waals surface area contributed by atoms with Gasteiger partial charge in [-0.15, -0.1) is 0 Å². The molecule has 2 rings (SSSR count). The van der Waals surface area contributed by atoms with E-state index < -0.39 is 0 Å². The van der Waals surface area contributed by atoms with Crippen LogP contribution in [0.4, 0.5) is 0 Å². The molecular weight excluding hydrogens is 318 g/mol. The minimum atomic E-state index is 0.403. The number of hydrogen-bond donors (Lipinski definition) is 1. The summed E-state index contributed by atoms with van der Waals surface area (Å²) in [5.41, 5.74) is 9.85. The smallest absolute Gasteiger partial charge is 0.128 e. The predicted octanol–water partition coefficient (Wildman–Crippen LogP) is 3.44. The Morgan fingerprint density at radius 2 is 2.10 bits per heavy atom. The lowest BCUT2D eigenvalue weighted by molar-refractivity contribution is 0.416. The molecule has 4 nitrogen and oxygen atoms in total. The molecule has 2 aromatic rings. The maximum Gasteiger partial charge on any atom is 0.128 e. The van der Waals surface area contributed by atoms with Gasteiger partial charge < -0.3 is 10.5 Å². The second-order valence-corrected chi connectivity index (χ2v) is 5.84. The average Bonchev–Trinajstić information content (AvgIpc) is 2.72. The number of hydrogen-bond acceptors (Lipinski definition) is 3. The second-order valence-electron chi connectivity index (χ2n) is 5.05. The molecule has 1 heterocycles. The highest BCUT2D eigenvalue weighted by molar-refractivity contribution is 9.10. The number of nitrogens with zero attached hydrogens (tertiary/aromatic N) is 2. The Bertz CT molecular complexity index is 620. The number of benzene rings is 1. The van der Waals surface area contributed by atoms with Gasteiger partial charge in [0.2, 0.25) is 0 Å². The fourth-order valence-corrected chi connectivity index (χ4v) is 2.96. The predicted molar refractivity (Wildman–Crippen MR) is 84.9 cm³/mol. The van der Waals surface area contributed by atoms with Crippen molar-refractivity contribution in [3.8, 4) is 17.0 Å². The first kappa shape index (κ1) is 15.1. The summed E-state index contributed by atoms with van der Waals surface area (Å²) in [6, 6.07) is 6.26. The second kappa shape index (κ2) is 5.97. The van der Waals surface area contributed by atoms with Crippen molar-refractivity contribution in [3.63, 3.8) is 0 Å². The van der Waals surface area contributed by atoms with Crippen LogP contribution < -0.4 is 10.5 Å². The van der Waals surface area contributed by atoms with Crippen molar-refractivity contribution in [2.24, 2.45) is 12.8 Å². The van der Waals surface area contributed by atoms with E-state index in [1.54, 1.807) is 7.11 Å². The number of aryl methyl sites for hydroxylation is 1. The first-order valence-corrected chi connectivity index (χ1v) is 7.38. The van der Waals surface area contributed by atoms with Gasteiger partial charge in [0.15, 0.2) is 0 Å². The van der Waals surface area contributed by atoms with Gasteiger partial charge in [-0.05, 0) is 39.5 Å². The molecule has 0 atom stereocenters. The number of ether oxygens (including phenoxy) is 1. The van der Waals surface area contributed by atoms with Crippen molar-refractivity contribution in [2.75, 3.05) is 7.11 Å². The van der Waals surface area contributed by atoms with Crippen LogP contribution in [0.15, 0.2) is 22.7 Å². The van der Waals surface area contributed by atoms with E-state index in [-0.39, 0.29) is 0 Å². The van der Waals surface area contributed by atoms with Gasteiger partial charge in [0.25, 0.3) is 0 Å². The van der Waals surface area contributed by atoms with E-state index in [0.717, 1.165) is 27.2 Å². The molecule has 5 heteroatoms. The van der Waals surface area contributed by atoms with E-state index in [0.29, 0.717) is 12.5 Å². The average molecular weight is 338 g/mol. The van der Waals surface area contributed by atoms with E-state index in [1.165, 1.54) is 5.56 Å². The Kier molecular flexibility index (Phi) is 4.50. The zero-order valence-electron chi connectivity index (χ0n) is 12.3. The molecule has 2 N–H and O–H groups in total. The van der Waals surface area contributed by atoms with Crippen LogP contribution in [-0.2, 0) is 13.6 Å². The summed E-state index contributed by atoms with van der Waals surface area (Å²) in [6.07, 6.45) is 0. The molecule has 0 bridgehead atoms. The van der Waals surface area contributed by atoms with Crippen molar-refractivity contribution < 1.29 is 4.74 Å². The van der Waals surface area contributed by atoms with E-state index >= 15 is 0 Å². The van der Waals surface area contributed by atoms with Gasteiger partial charge >= 0.3 is 0 Å². The monoisotopic (exact) mass is 337 g/mol. The maximum absolute atomic E-state index is 5.72. The molecule has 0 radical (unpaired) electrons. The van der Waals surface area contributed by atoms with E-state index in [9.17, 15) is 0 Å². The van der Waals surface area contributed by atoms with Crippen LogP contribution in [-0.4, -0.2) is 16.9 Å². The van der Waals surface area contributed by atoms with E-state index in [2.05, 4.69) is 47.0 Å². The Balaban J connectivity index is 2.67. The van der Waals surface area contributed by atoms with Gasteiger partial charge in [-0.3, -0.25) is 4.68 Å². The van der Waals surface area contributed by atoms with Crippen molar-refractivity contribution in [1.82, 2.24) is 9.78 Å². The number of aromatic nitrogens is 2. The molecule has 0 amide bonds. The number of nitrogens with two attached hydrogens (primary N) is 1. The highest BCUT2D eigenvalue weighted by atomic mass is 79.9. The molecule has 0 unspecified atom stereocenters. The lowest BCUT2D eigenvalue weighted by Gasteiger charge is -2.13. The SMILES string of the molecule is COc1ccc(C(C)C)cc1-c1c(Br)c(CN)nn1C. The lowest BCUT2D eigenvalue weighted by Crippen LogP contribution is -1.99. The molecule has 0 saturated carbocycles. The van der Waals surface area contributed by atoms with Crippen molar-refractivity contribution in [1.29, 1.82) is 0 Å². The zero-order chi connectivity index (χ0) is 14.9. The minimum absolute atomic E-state index is 0.403. The highest BCUT2D eigenvalue weighted by Crippen LogP contribution is 2.38. The van der Waals surface area contributed by atoms with Crippen LogP contribution >= 0.6 is 15.9 Å². The minimum Gasteiger partial charge on any atom is -0.496 e. The molecule has 0 aliphatic rings. The third kappa shape index (κ3) is 2.60. The van der Waals surface area contributed by atoms with Crippen molar-refractivity contribution in [3.05, 3.63) is 33.9 Å². The summed E-state index contributed by atoms with van der Waals surface area (Å²) in [4.78, 5) is 0. The molecule has 1 aromatic carbocycles. The van der Waals surface area contributed by atoms with Gasteiger partial charge in [-0.25, -0.2) is 0 Å². The molecule has 108 valence electrons. The zero-order valence-corrected chi connectivity index (χ0v) is 13.9. The molecule has 0 spiro atoms. The molecule has 0 aliphatic heterocycles. The van der Waals surface area contributed by atoms with Crippen LogP contribution in [0.2, 0.25) is 0 Å².